The number of amides is 3. The van der Waals surface area contributed by atoms with Crippen LogP contribution in [0.3, 0.4) is 0 Å². The molecule has 1 unspecified atom stereocenters. The van der Waals surface area contributed by atoms with Crippen LogP contribution in [0.25, 0.3) is 11.4 Å². The van der Waals surface area contributed by atoms with Crippen LogP contribution in [0.4, 0.5) is 28.4 Å². The number of aromatic nitrogens is 2. The number of urea groups is 1. The number of carbonyl (C=O) groups is 2. The minimum Gasteiger partial charge on any atom is -0.444 e. The van der Waals surface area contributed by atoms with Gasteiger partial charge in [0.25, 0.3) is 0 Å². The van der Waals surface area contributed by atoms with Crippen molar-refractivity contribution >= 4 is 17.8 Å². The van der Waals surface area contributed by atoms with Crippen molar-refractivity contribution in [3.05, 3.63) is 30.2 Å². The van der Waals surface area contributed by atoms with E-state index in [-0.39, 0.29) is 24.4 Å². The molecule has 9 nitrogen and oxygen atoms in total. The number of alkyl halides is 3. The van der Waals surface area contributed by atoms with E-state index in [1.54, 1.807) is 25.7 Å². The number of alkyl carbamates (subject to hydrolysis) is 1. The van der Waals surface area contributed by atoms with Gasteiger partial charge in [-0.05, 0) is 64.3 Å². The molecule has 3 amide bonds. The van der Waals surface area contributed by atoms with Gasteiger partial charge in [-0.2, -0.15) is 18.2 Å². The first-order chi connectivity index (χ1) is 15.4. The van der Waals surface area contributed by atoms with Crippen molar-refractivity contribution in [2.75, 3.05) is 18.4 Å². The Morgan fingerprint density at radius 1 is 1.18 bits per heavy atom. The van der Waals surface area contributed by atoms with Crippen LogP contribution in [0.5, 0.6) is 0 Å². The summed E-state index contributed by atoms with van der Waals surface area (Å²) >= 11 is 0. The van der Waals surface area contributed by atoms with Gasteiger partial charge in [0.1, 0.15) is 5.60 Å². The quantitative estimate of drug-likeness (QED) is 0.674. The van der Waals surface area contributed by atoms with E-state index in [1.165, 1.54) is 24.3 Å². The van der Waals surface area contributed by atoms with E-state index in [1.807, 2.05) is 0 Å². The van der Waals surface area contributed by atoms with Gasteiger partial charge in [0.05, 0.1) is 6.04 Å². The molecule has 0 spiro atoms. The van der Waals surface area contributed by atoms with Gasteiger partial charge < -0.3 is 24.8 Å². The summed E-state index contributed by atoms with van der Waals surface area (Å²) in [5, 5.41) is 8.82. The van der Waals surface area contributed by atoms with E-state index in [2.05, 4.69) is 25.3 Å². The van der Waals surface area contributed by atoms with Gasteiger partial charge in [0.15, 0.2) is 0 Å². The van der Waals surface area contributed by atoms with E-state index < -0.39 is 23.8 Å². The minimum absolute atomic E-state index is 0.189. The van der Waals surface area contributed by atoms with E-state index in [4.69, 9.17) is 4.74 Å². The van der Waals surface area contributed by atoms with Crippen molar-refractivity contribution in [1.29, 1.82) is 0 Å². The molecule has 1 aromatic heterocycles. The maximum atomic E-state index is 12.8. The van der Waals surface area contributed by atoms with Crippen molar-refractivity contribution < 1.29 is 32.0 Å². The highest BCUT2D eigenvalue weighted by Crippen LogP contribution is 2.29. The number of rotatable bonds is 4. The van der Waals surface area contributed by atoms with Crippen molar-refractivity contribution in [2.24, 2.45) is 0 Å². The summed E-state index contributed by atoms with van der Waals surface area (Å²) in [7, 11) is 0. The minimum atomic E-state index is -4.72. The zero-order valence-electron chi connectivity index (χ0n) is 18.5. The second-order valence-electron chi connectivity index (χ2n) is 8.65. The number of piperidine rings is 1. The molecule has 33 heavy (non-hydrogen) atoms. The van der Waals surface area contributed by atoms with Gasteiger partial charge >= 0.3 is 24.2 Å². The van der Waals surface area contributed by atoms with Gasteiger partial charge in [0.2, 0.25) is 5.82 Å². The molecule has 3 rings (SSSR count). The Labute approximate surface area is 188 Å². The summed E-state index contributed by atoms with van der Waals surface area (Å²) in [6, 6.07) is 5.52. The molecule has 0 bridgehead atoms. The highest BCUT2D eigenvalue weighted by molar-refractivity contribution is 5.90. The van der Waals surface area contributed by atoms with Crippen molar-refractivity contribution in [3.63, 3.8) is 0 Å². The van der Waals surface area contributed by atoms with Gasteiger partial charge in [-0.3, -0.25) is 0 Å². The standard InChI is InChI=1S/C21H26F3N5O4/c1-20(2,3)32-19(31)25-12-15-6-4-5-11-29(15)18(30)26-14-9-7-13(8-10-14)16-27-17(33-28-16)21(22,23)24/h7-10,15H,4-6,11-12H2,1-3H3,(H,25,31)(H,26,30). The zero-order chi connectivity index (χ0) is 24.2. The molecule has 1 atom stereocenters. The maximum Gasteiger partial charge on any atom is 0.471 e. The monoisotopic (exact) mass is 469 g/mol. The summed E-state index contributed by atoms with van der Waals surface area (Å²) in [5.41, 5.74) is 0.146. The molecular formula is C21H26F3N5O4. The second kappa shape index (κ2) is 9.67. The third-order valence-corrected chi connectivity index (χ3v) is 4.83. The van der Waals surface area contributed by atoms with E-state index >= 15 is 0 Å². The normalized spacial score (nSPS) is 16.9. The highest BCUT2D eigenvalue weighted by atomic mass is 19.4. The summed E-state index contributed by atoms with van der Waals surface area (Å²) in [5.74, 6) is -1.63. The first kappa shape index (κ1) is 24.3. The van der Waals surface area contributed by atoms with E-state index in [0.717, 1.165) is 19.3 Å². The summed E-state index contributed by atoms with van der Waals surface area (Å²) in [6.07, 6.45) is -2.75. The molecule has 180 valence electrons. The number of carbonyl (C=O) groups excluding carboxylic acids is 2. The molecule has 0 aliphatic carbocycles. The molecule has 1 aliphatic heterocycles. The van der Waals surface area contributed by atoms with Crippen LogP contribution in [0.15, 0.2) is 28.8 Å². The van der Waals surface area contributed by atoms with E-state index in [9.17, 15) is 22.8 Å². The molecule has 2 aromatic rings. The van der Waals surface area contributed by atoms with Crippen molar-refractivity contribution in [1.82, 2.24) is 20.4 Å². The number of anilines is 1. The average molecular weight is 469 g/mol. The molecule has 1 aromatic carbocycles. The van der Waals surface area contributed by atoms with Crippen LogP contribution in [0.2, 0.25) is 0 Å². The zero-order valence-corrected chi connectivity index (χ0v) is 18.5. The highest BCUT2D eigenvalue weighted by Gasteiger charge is 2.38. The van der Waals surface area contributed by atoms with Crippen LogP contribution in [0.1, 0.15) is 45.9 Å². The predicted octanol–water partition coefficient (Wildman–Crippen LogP) is 4.67. The fourth-order valence-corrected chi connectivity index (χ4v) is 3.35. The molecule has 0 saturated carbocycles. The summed E-state index contributed by atoms with van der Waals surface area (Å²) < 4.78 is 47.4. The van der Waals surface area contributed by atoms with E-state index in [0.29, 0.717) is 17.8 Å². The Morgan fingerprint density at radius 2 is 1.88 bits per heavy atom. The first-order valence-corrected chi connectivity index (χ1v) is 10.5. The van der Waals surface area contributed by atoms with Crippen LogP contribution in [0, 0.1) is 0 Å². The van der Waals surface area contributed by atoms with Gasteiger partial charge in [-0.1, -0.05) is 5.16 Å². The molecule has 2 heterocycles. The fourth-order valence-electron chi connectivity index (χ4n) is 3.35. The third-order valence-electron chi connectivity index (χ3n) is 4.83. The number of ether oxygens (including phenoxy) is 1. The SMILES string of the molecule is CC(C)(C)OC(=O)NCC1CCCCN1C(=O)Nc1ccc(-c2noc(C(F)(F)F)n2)cc1. The molecule has 0 radical (unpaired) electrons. The third kappa shape index (κ3) is 6.83. The lowest BCUT2D eigenvalue weighted by Crippen LogP contribution is -2.51. The van der Waals surface area contributed by atoms with Gasteiger partial charge in [-0.25, -0.2) is 9.59 Å². The number of benzene rings is 1. The lowest BCUT2D eigenvalue weighted by Gasteiger charge is -2.36. The Bertz CT molecular complexity index is 970. The number of likely N-dealkylation sites (tertiary alicyclic amines) is 1. The number of hydrogen-bond acceptors (Lipinski definition) is 6. The molecule has 1 saturated heterocycles. The van der Waals surface area contributed by atoms with Crippen LogP contribution in [-0.4, -0.2) is 51.9 Å². The Morgan fingerprint density at radius 3 is 2.48 bits per heavy atom. The van der Waals surface area contributed by atoms with Crippen LogP contribution in [-0.2, 0) is 10.9 Å². The average Bonchev–Trinajstić information content (AvgIpc) is 3.23. The van der Waals surface area contributed by atoms with Gasteiger partial charge in [0, 0.05) is 24.3 Å². The van der Waals surface area contributed by atoms with Crippen LogP contribution < -0.4 is 10.6 Å². The topological polar surface area (TPSA) is 110 Å². The molecule has 1 aliphatic rings. The Hall–Kier alpha value is -3.31. The summed E-state index contributed by atoms with van der Waals surface area (Å²) in [4.78, 5) is 29.8. The van der Waals surface area contributed by atoms with Crippen molar-refractivity contribution in [3.8, 4) is 11.4 Å². The molecule has 1 fully saturated rings. The molecular weight excluding hydrogens is 443 g/mol. The van der Waals surface area contributed by atoms with Crippen molar-refractivity contribution in [2.45, 2.75) is 57.9 Å². The lowest BCUT2D eigenvalue weighted by molar-refractivity contribution is -0.159. The van der Waals surface area contributed by atoms with Gasteiger partial charge in [-0.15, -0.1) is 0 Å². The number of halogens is 3. The fraction of sp³-hybridized carbons (Fsp3) is 0.524. The smallest absolute Gasteiger partial charge is 0.444 e. The van der Waals surface area contributed by atoms with Crippen LogP contribution >= 0.6 is 0 Å². The Kier molecular flexibility index (Phi) is 7.13. The largest absolute Gasteiger partial charge is 0.471 e. The predicted molar refractivity (Wildman–Crippen MR) is 112 cm³/mol. The number of hydrogen-bond donors (Lipinski definition) is 2. The second-order valence-corrected chi connectivity index (χ2v) is 8.65. The lowest BCUT2D eigenvalue weighted by atomic mass is 10.0. The first-order valence-electron chi connectivity index (χ1n) is 10.5. The molecule has 12 heteroatoms. The summed E-state index contributed by atoms with van der Waals surface area (Å²) in [6.45, 7) is 6.11. The molecule has 2 N–H and O–H groups in total. The number of nitrogens with one attached hydrogen (secondary N) is 2. The number of nitrogens with zero attached hydrogens (tertiary/aromatic N) is 3. The maximum absolute atomic E-state index is 12.8. The Balaban J connectivity index is 1.59.